The zero-order valence-corrected chi connectivity index (χ0v) is 8.75. The Labute approximate surface area is 93.8 Å². The first kappa shape index (κ1) is 9.04. The van der Waals surface area contributed by atoms with Crippen molar-refractivity contribution in [3.63, 3.8) is 0 Å². The van der Waals surface area contributed by atoms with E-state index in [2.05, 4.69) is 33.8 Å². The standard InChI is InChI=1S/C14H11N2/c1-2-10-16(11-3-1)13-8-4-6-12-7-5-9-15-14(12)13/h1-11H/q+1. The van der Waals surface area contributed by atoms with Crippen molar-refractivity contribution < 1.29 is 4.57 Å². The van der Waals surface area contributed by atoms with Gasteiger partial charge in [-0.05, 0) is 6.07 Å². The molecule has 2 heterocycles. The highest BCUT2D eigenvalue weighted by Gasteiger charge is 2.09. The highest BCUT2D eigenvalue weighted by molar-refractivity contribution is 5.84. The number of benzene rings is 1. The van der Waals surface area contributed by atoms with Crippen molar-refractivity contribution in [2.45, 2.75) is 0 Å². The lowest BCUT2D eigenvalue weighted by molar-refractivity contribution is -0.594. The summed E-state index contributed by atoms with van der Waals surface area (Å²) < 4.78 is 2.08. The maximum atomic E-state index is 4.44. The van der Waals surface area contributed by atoms with E-state index in [1.165, 1.54) is 0 Å². The first-order valence-electron chi connectivity index (χ1n) is 5.25. The van der Waals surface area contributed by atoms with Crippen molar-refractivity contribution >= 4 is 10.9 Å². The Bertz CT molecular complexity index is 612. The van der Waals surface area contributed by atoms with Crippen LogP contribution < -0.4 is 4.57 Å². The van der Waals surface area contributed by atoms with Crippen LogP contribution in [0.5, 0.6) is 0 Å². The van der Waals surface area contributed by atoms with Crippen LogP contribution in [0.1, 0.15) is 0 Å². The second-order valence-electron chi connectivity index (χ2n) is 3.64. The minimum atomic E-state index is 1.03. The van der Waals surface area contributed by atoms with Crippen molar-refractivity contribution in [3.05, 3.63) is 67.1 Å². The van der Waals surface area contributed by atoms with E-state index in [0.717, 1.165) is 16.6 Å². The quantitative estimate of drug-likeness (QED) is 0.560. The van der Waals surface area contributed by atoms with E-state index in [9.17, 15) is 0 Å². The molecule has 0 aliphatic heterocycles. The number of pyridine rings is 2. The summed E-state index contributed by atoms with van der Waals surface area (Å²) >= 11 is 0. The Kier molecular flexibility index (Phi) is 2.11. The number of para-hydroxylation sites is 1. The Hall–Kier alpha value is -2.22. The zero-order valence-electron chi connectivity index (χ0n) is 8.75. The average Bonchev–Trinajstić information content (AvgIpc) is 2.39. The summed E-state index contributed by atoms with van der Waals surface area (Å²) in [4.78, 5) is 4.44. The van der Waals surface area contributed by atoms with Gasteiger partial charge in [0, 0.05) is 29.8 Å². The molecule has 0 bridgehead atoms. The van der Waals surface area contributed by atoms with Crippen LogP contribution in [0, 0.1) is 0 Å². The average molecular weight is 207 g/mol. The van der Waals surface area contributed by atoms with Gasteiger partial charge in [0.2, 0.25) is 5.69 Å². The molecule has 1 aromatic carbocycles. The van der Waals surface area contributed by atoms with Gasteiger partial charge in [-0.1, -0.05) is 24.3 Å². The summed E-state index contributed by atoms with van der Waals surface area (Å²) in [6, 6.07) is 16.3. The molecule has 0 spiro atoms. The van der Waals surface area contributed by atoms with E-state index < -0.39 is 0 Å². The number of rotatable bonds is 1. The molecule has 2 heteroatoms. The number of nitrogens with zero attached hydrogens (tertiary/aromatic N) is 2. The molecule has 16 heavy (non-hydrogen) atoms. The zero-order chi connectivity index (χ0) is 10.8. The van der Waals surface area contributed by atoms with Gasteiger partial charge in [0.05, 0.1) is 0 Å². The molecule has 2 aromatic heterocycles. The summed E-state index contributed by atoms with van der Waals surface area (Å²) in [6.07, 6.45) is 5.89. The molecule has 0 saturated carbocycles. The molecule has 0 N–H and O–H groups in total. The van der Waals surface area contributed by atoms with Gasteiger partial charge < -0.3 is 0 Å². The fourth-order valence-corrected chi connectivity index (χ4v) is 1.86. The number of hydrogen-bond donors (Lipinski definition) is 0. The maximum Gasteiger partial charge on any atom is 0.237 e. The molecule has 0 aliphatic carbocycles. The summed E-state index contributed by atoms with van der Waals surface area (Å²) in [5.41, 5.74) is 2.14. The van der Waals surface area contributed by atoms with Crippen LogP contribution >= 0.6 is 0 Å². The van der Waals surface area contributed by atoms with E-state index in [4.69, 9.17) is 0 Å². The van der Waals surface area contributed by atoms with E-state index in [0.29, 0.717) is 0 Å². The van der Waals surface area contributed by atoms with Crippen LogP contribution in [-0.4, -0.2) is 4.98 Å². The minimum Gasteiger partial charge on any atom is -0.249 e. The second-order valence-corrected chi connectivity index (χ2v) is 3.64. The lowest BCUT2D eigenvalue weighted by Gasteiger charge is -1.99. The normalized spacial score (nSPS) is 10.5. The van der Waals surface area contributed by atoms with Gasteiger partial charge >= 0.3 is 0 Å². The largest absolute Gasteiger partial charge is 0.249 e. The van der Waals surface area contributed by atoms with Gasteiger partial charge in [0.1, 0.15) is 5.52 Å². The predicted molar refractivity (Wildman–Crippen MR) is 63.3 cm³/mol. The van der Waals surface area contributed by atoms with Crippen molar-refractivity contribution in [2.24, 2.45) is 0 Å². The number of hydrogen-bond acceptors (Lipinski definition) is 1. The Morgan fingerprint density at radius 2 is 1.62 bits per heavy atom. The Morgan fingerprint density at radius 3 is 2.50 bits per heavy atom. The molecular weight excluding hydrogens is 196 g/mol. The summed E-state index contributed by atoms with van der Waals surface area (Å²) in [7, 11) is 0. The highest BCUT2D eigenvalue weighted by atomic mass is 14.9. The molecule has 0 saturated heterocycles. The third kappa shape index (κ3) is 1.44. The van der Waals surface area contributed by atoms with Gasteiger partial charge in [-0.15, -0.1) is 0 Å². The van der Waals surface area contributed by atoms with Crippen molar-refractivity contribution in [1.82, 2.24) is 4.98 Å². The topological polar surface area (TPSA) is 16.8 Å². The first-order chi connectivity index (χ1) is 7.95. The van der Waals surface area contributed by atoms with Gasteiger partial charge in [-0.2, -0.15) is 4.57 Å². The van der Waals surface area contributed by atoms with Gasteiger partial charge in [0.15, 0.2) is 12.4 Å². The summed E-state index contributed by atoms with van der Waals surface area (Å²) in [5, 5.41) is 1.16. The lowest BCUT2D eigenvalue weighted by atomic mass is 10.2. The molecule has 0 atom stereocenters. The molecule has 0 amide bonds. The molecule has 3 aromatic rings. The second kappa shape index (κ2) is 3.74. The summed E-state index contributed by atoms with van der Waals surface area (Å²) in [6.45, 7) is 0. The molecule has 0 aliphatic rings. The molecule has 0 unspecified atom stereocenters. The Morgan fingerprint density at radius 1 is 0.812 bits per heavy atom. The highest BCUT2D eigenvalue weighted by Crippen LogP contribution is 2.15. The van der Waals surface area contributed by atoms with Crippen LogP contribution in [0.15, 0.2) is 67.1 Å². The van der Waals surface area contributed by atoms with Gasteiger partial charge in [-0.25, -0.2) is 4.98 Å². The monoisotopic (exact) mass is 207 g/mol. The molecule has 3 rings (SSSR count). The van der Waals surface area contributed by atoms with Crippen LogP contribution in [0.25, 0.3) is 16.6 Å². The van der Waals surface area contributed by atoms with E-state index in [1.807, 2.05) is 42.9 Å². The fourth-order valence-electron chi connectivity index (χ4n) is 1.86. The predicted octanol–water partition coefficient (Wildman–Crippen LogP) is 2.51. The Balaban J connectivity index is 2.32. The van der Waals surface area contributed by atoms with E-state index in [-0.39, 0.29) is 0 Å². The number of aromatic nitrogens is 2. The third-order valence-corrected chi connectivity index (χ3v) is 2.61. The molecule has 76 valence electrons. The van der Waals surface area contributed by atoms with E-state index in [1.54, 1.807) is 0 Å². The summed E-state index contributed by atoms with van der Waals surface area (Å²) in [5.74, 6) is 0. The van der Waals surface area contributed by atoms with Crippen molar-refractivity contribution in [1.29, 1.82) is 0 Å². The SMILES string of the molecule is c1cc[n+](-c2cccc3cccnc23)cc1. The lowest BCUT2D eigenvalue weighted by Crippen LogP contribution is -2.29. The first-order valence-corrected chi connectivity index (χ1v) is 5.25. The van der Waals surface area contributed by atoms with Crippen LogP contribution in [0.4, 0.5) is 0 Å². The van der Waals surface area contributed by atoms with Crippen molar-refractivity contribution in [2.75, 3.05) is 0 Å². The van der Waals surface area contributed by atoms with Crippen LogP contribution in [0.2, 0.25) is 0 Å². The molecular formula is C14H11N2+. The minimum absolute atomic E-state index is 1.03. The smallest absolute Gasteiger partial charge is 0.237 e. The van der Waals surface area contributed by atoms with E-state index >= 15 is 0 Å². The molecule has 0 fully saturated rings. The van der Waals surface area contributed by atoms with Gasteiger partial charge in [0.25, 0.3) is 0 Å². The van der Waals surface area contributed by atoms with Crippen LogP contribution in [0.3, 0.4) is 0 Å². The van der Waals surface area contributed by atoms with Gasteiger partial charge in [-0.3, -0.25) is 0 Å². The third-order valence-electron chi connectivity index (χ3n) is 2.61. The maximum absolute atomic E-state index is 4.44. The van der Waals surface area contributed by atoms with Crippen LogP contribution in [-0.2, 0) is 0 Å². The number of fused-ring (bicyclic) bond motifs is 1. The fraction of sp³-hybridized carbons (Fsp3) is 0. The molecule has 0 radical (unpaired) electrons. The molecule has 2 nitrogen and oxygen atoms in total. The van der Waals surface area contributed by atoms with Crippen molar-refractivity contribution in [3.8, 4) is 5.69 Å².